The van der Waals surface area contributed by atoms with E-state index in [9.17, 15) is 8.78 Å². The fraction of sp³-hybridized carbons (Fsp3) is 0. The minimum Gasteiger partial charge on any atom is -0.397 e. The van der Waals surface area contributed by atoms with Crippen molar-refractivity contribution in [2.24, 2.45) is 0 Å². The van der Waals surface area contributed by atoms with Crippen LogP contribution in [0.2, 0.25) is 0 Å². The van der Waals surface area contributed by atoms with Crippen molar-refractivity contribution >= 4 is 33.0 Å². The number of hydrogen-bond acceptors (Lipinski definition) is 3. The minimum absolute atomic E-state index is 0.236. The Balaban J connectivity index is 2.36. The Kier molecular flexibility index (Phi) is 3.23. The van der Waals surface area contributed by atoms with Gasteiger partial charge in [0.2, 0.25) is 0 Å². The second-order valence-electron chi connectivity index (χ2n) is 3.38. The first-order valence-electron chi connectivity index (χ1n) is 4.68. The molecule has 0 saturated carbocycles. The highest BCUT2D eigenvalue weighted by atomic mass is 79.9. The van der Waals surface area contributed by atoms with E-state index in [1.807, 2.05) is 0 Å². The number of halogens is 3. The maximum absolute atomic E-state index is 13.5. The highest BCUT2D eigenvalue weighted by Crippen LogP contribution is 2.26. The lowest BCUT2D eigenvalue weighted by atomic mass is 10.2. The van der Waals surface area contributed by atoms with Crippen molar-refractivity contribution in [2.75, 3.05) is 11.1 Å². The molecule has 1 aromatic heterocycles. The molecule has 0 spiro atoms. The van der Waals surface area contributed by atoms with Crippen LogP contribution in [-0.2, 0) is 0 Å². The van der Waals surface area contributed by atoms with Gasteiger partial charge in [-0.05, 0) is 18.2 Å². The van der Waals surface area contributed by atoms with Gasteiger partial charge in [-0.25, -0.2) is 8.78 Å². The smallest absolute Gasteiger partial charge is 0.150 e. The molecule has 1 aromatic carbocycles. The summed E-state index contributed by atoms with van der Waals surface area (Å²) in [5.41, 5.74) is 6.11. The predicted molar refractivity (Wildman–Crippen MR) is 66.0 cm³/mol. The number of pyridine rings is 1. The topological polar surface area (TPSA) is 50.9 Å². The molecule has 2 aromatic rings. The standard InChI is InChI=1S/C11H8BrF2N3/c12-6-1-9(13)11(10(14)2-6)17-8-3-7(15)4-16-5-8/h1-5,17H,15H2. The lowest BCUT2D eigenvalue weighted by Crippen LogP contribution is -1.99. The Morgan fingerprint density at radius 1 is 1.12 bits per heavy atom. The number of anilines is 3. The Morgan fingerprint density at radius 3 is 2.35 bits per heavy atom. The largest absolute Gasteiger partial charge is 0.397 e. The van der Waals surface area contributed by atoms with E-state index in [4.69, 9.17) is 5.73 Å². The Hall–Kier alpha value is -1.69. The third-order valence-electron chi connectivity index (χ3n) is 2.04. The number of rotatable bonds is 2. The molecule has 0 radical (unpaired) electrons. The summed E-state index contributed by atoms with van der Waals surface area (Å²) in [6, 6.07) is 3.88. The SMILES string of the molecule is Nc1cncc(Nc2c(F)cc(Br)cc2F)c1. The molecule has 0 atom stereocenters. The van der Waals surface area contributed by atoms with E-state index in [2.05, 4.69) is 26.2 Å². The average molecular weight is 300 g/mol. The van der Waals surface area contributed by atoms with Gasteiger partial charge < -0.3 is 11.1 Å². The number of nitrogen functional groups attached to an aromatic ring is 1. The first kappa shape index (κ1) is 11.8. The molecule has 3 N–H and O–H groups in total. The van der Waals surface area contributed by atoms with Gasteiger partial charge >= 0.3 is 0 Å². The Morgan fingerprint density at radius 2 is 1.76 bits per heavy atom. The van der Waals surface area contributed by atoms with Crippen LogP contribution in [0, 0.1) is 11.6 Å². The van der Waals surface area contributed by atoms with E-state index in [1.165, 1.54) is 30.6 Å². The average Bonchev–Trinajstić information content (AvgIpc) is 2.23. The maximum Gasteiger partial charge on any atom is 0.150 e. The molecule has 3 nitrogen and oxygen atoms in total. The fourth-order valence-electron chi connectivity index (χ4n) is 1.33. The molecule has 1 heterocycles. The van der Waals surface area contributed by atoms with Crippen molar-refractivity contribution in [1.29, 1.82) is 0 Å². The third kappa shape index (κ3) is 2.71. The van der Waals surface area contributed by atoms with Gasteiger partial charge in [0, 0.05) is 10.7 Å². The van der Waals surface area contributed by atoms with Crippen LogP contribution in [0.25, 0.3) is 0 Å². The quantitative estimate of drug-likeness (QED) is 0.893. The number of benzene rings is 1. The van der Waals surface area contributed by atoms with E-state index in [0.29, 0.717) is 15.8 Å². The molecule has 0 amide bonds. The van der Waals surface area contributed by atoms with Gasteiger partial charge in [-0.3, -0.25) is 4.98 Å². The van der Waals surface area contributed by atoms with E-state index in [0.717, 1.165) is 0 Å². The summed E-state index contributed by atoms with van der Waals surface area (Å²) in [6.45, 7) is 0. The molecule has 2 rings (SSSR count). The van der Waals surface area contributed by atoms with Gasteiger partial charge in [0.15, 0.2) is 11.6 Å². The van der Waals surface area contributed by atoms with Crippen LogP contribution < -0.4 is 11.1 Å². The highest BCUT2D eigenvalue weighted by molar-refractivity contribution is 9.10. The summed E-state index contributed by atoms with van der Waals surface area (Å²) in [5.74, 6) is -1.39. The molecular formula is C11H8BrF2N3. The zero-order chi connectivity index (χ0) is 12.4. The van der Waals surface area contributed by atoms with Crippen molar-refractivity contribution in [3.05, 3.63) is 46.7 Å². The maximum atomic E-state index is 13.5. The van der Waals surface area contributed by atoms with Crippen LogP contribution >= 0.6 is 15.9 Å². The first-order valence-corrected chi connectivity index (χ1v) is 5.47. The van der Waals surface area contributed by atoms with Crippen molar-refractivity contribution in [3.63, 3.8) is 0 Å². The summed E-state index contributed by atoms with van der Waals surface area (Å²) >= 11 is 3.00. The lowest BCUT2D eigenvalue weighted by Gasteiger charge is -2.09. The van der Waals surface area contributed by atoms with Crippen molar-refractivity contribution in [1.82, 2.24) is 4.98 Å². The molecule has 0 fully saturated rings. The zero-order valence-electron chi connectivity index (χ0n) is 8.55. The molecule has 0 aliphatic heterocycles. The van der Waals surface area contributed by atoms with Gasteiger partial charge in [-0.2, -0.15) is 0 Å². The number of aromatic nitrogens is 1. The van der Waals surface area contributed by atoms with Gasteiger partial charge in [0.1, 0.15) is 5.69 Å². The van der Waals surface area contributed by atoms with E-state index < -0.39 is 11.6 Å². The summed E-state index contributed by atoms with van der Waals surface area (Å²) in [7, 11) is 0. The van der Waals surface area contributed by atoms with Crippen molar-refractivity contribution in [2.45, 2.75) is 0 Å². The second-order valence-corrected chi connectivity index (χ2v) is 4.29. The molecule has 6 heteroatoms. The zero-order valence-corrected chi connectivity index (χ0v) is 10.1. The molecule has 0 aliphatic carbocycles. The van der Waals surface area contributed by atoms with Crippen molar-refractivity contribution in [3.8, 4) is 0 Å². The summed E-state index contributed by atoms with van der Waals surface area (Å²) < 4.78 is 27.4. The third-order valence-corrected chi connectivity index (χ3v) is 2.49. The first-order chi connectivity index (χ1) is 8.06. The Bertz CT molecular complexity index is 537. The van der Waals surface area contributed by atoms with Crippen LogP contribution in [0.4, 0.5) is 25.8 Å². The molecule has 0 aliphatic rings. The number of nitrogens with zero attached hydrogens (tertiary/aromatic N) is 1. The summed E-state index contributed by atoms with van der Waals surface area (Å²) in [4.78, 5) is 3.82. The number of nitrogens with two attached hydrogens (primary N) is 1. The number of nitrogens with one attached hydrogen (secondary N) is 1. The second kappa shape index (κ2) is 4.67. The van der Waals surface area contributed by atoms with Gasteiger partial charge in [-0.1, -0.05) is 15.9 Å². The van der Waals surface area contributed by atoms with Crippen LogP contribution in [-0.4, -0.2) is 4.98 Å². The normalized spacial score (nSPS) is 10.3. The van der Waals surface area contributed by atoms with Crippen molar-refractivity contribution < 1.29 is 8.78 Å². The molecule has 0 unspecified atom stereocenters. The van der Waals surface area contributed by atoms with Crippen LogP contribution in [0.1, 0.15) is 0 Å². The van der Waals surface area contributed by atoms with E-state index in [1.54, 1.807) is 0 Å². The molecule has 0 saturated heterocycles. The summed E-state index contributed by atoms with van der Waals surface area (Å²) in [6.07, 6.45) is 2.87. The highest BCUT2D eigenvalue weighted by Gasteiger charge is 2.10. The van der Waals surface area contributed by atoms with Gasteiger partial charge in [-0.15, -0.1) is 0 Å². The summed E-state index contributed by atoms with van der Waals surface area (Å²) in [5, 5.41) is 2.60. The molecule has 0 bridgehead atoms. The predicted octanol–water partition coefficient (Wildman–Crippen LogP) is 3.45. The van der Waals surface area contributed by atoms with E-state index in [-0.39, 0.29) is 5.69 Å². The Labute approximate surface area is 105 Å². The van der Waals surface area contributed by atoms with E-state index >= 15 is 0 Å². The lowest BCUT2D eigenvalue weighted by molar-refractivity contribution is 0.589. The van der Waals surface area contributed by atoms with Crippen LogP contribution in [0.3, 0.4) is 0 Å². The van der Waals surface area contributed by atoms with Gasteiger partial charge in [0.25, 0.3) is 0 Å². The molecule has 88 valence electrons. The van der Waals surface area contributed by atoms with Crippen LogP contribution in [0.5, 0.6) is 0 Å². The fourth-order valence-corrected chi connectivity index (χ4v) is 1.73. The van der Waals surface area contributed by atoms with Gasteiger partial charge in [0.05, 0.1) is 17.6 Å². The molecular weight excluding hydrogens is 292 g/mol. The number of hydrogen-bond donors (Lipinski definition) is 2. The van der Waals surface area contributed by atoms with Crippen LogP contribution in [0.15, 0.2) is 35.1 Å². The minimum atomic E-state index is -0.695. The molecule has 17 heavy (non-hydrogen) atoms. The monoisotopic (exact) mass is 299 g/mol.